The fourth-order valence-corrected chi connectivity index (χ4v) is 2.99. The second kappa shape index (κ2) is 8.41. The van der Waals surface area contributed by atoms with Gasteiger partial charge in [0.1, 0.15) is 5.82 Å². The molecule has 9 heteroatoms. The molecule has 0 saturated carbocycles. The van der Waals surface area contributed by atoms with Crippen molar-refractivity contribution in [3.8, 4) is 6.07 Å². The van der Waals surface area contributed by atoms with Crippen LogP contribution in [-0.2, 0) is 22.5 Å². The number of hydrogen-bond donors (Lipinski definition) is 0. The Morgan fingerprint density at radius 3 is 2.37 bits per heavy atom. The van der Waals surface area contributed by atoms with Crippen molar-refractivity contribution in [1.82, 2.24) is 0 Å². The molecule has 0 spiro atoms. The Labute approximate surface area is 156 Å². The van der Waals surface area contributed by atoms with E-state index in [1.807, 2.05) is 0 Å². The summed E-state index contributed by atoms with van der Waals surface area (Å²) < 4.78 is 62.6. The molecule has 2 aromatic carbocycles. The topological polar surface area (TPSA) is 67.2 Å². The largest absolute Gasteiger partial charge is 0.604 e. The summed E-state index contributed by atoms with van der Waals surface area (Å²) in [6.45, 7) is 1.56. The lowest BCUT2D eigenvalue weighted by Crippen LogP contribution is -2.30. The van der Waals surface area contributed by atoms with Crippen molar-refractivity contribution >= 4 is 22.8 Å². The molecule has 4 nitrogen and oxygen atoms in total. The van der Waals surface area contributed by atoms with Crippen molar-refractivity contribution < 1.29 is 26.9 Å². The van der Waals surface area contributed by atoms with E-state index in [9.17, 15) is 26.9 Å². The smallest absolute Gasteiger partial charge is 0.578 e. The van der Waals surface area contributed by atoms with Gasteiger partial charge in [-0.3, -0.25) is 4.79 Å². The van der Waals surface area contributed by atoms with Gasteiger partial charge in [-0.25, -0.2) is 4.39 Å². The minimum Gasteiger partial charge on any atom is -0.604 e. The first-order valence-electron chi connectivity index (χ1n) is 7.74. The van der Waals surface area contributed by atoms with Crippen LogP contribution in [0.2, 0.25) is 0 Å². The molecule has 0 aliphatic carbocycles. The molecule has 0 saturated heterocycles. The van der Waals surface area contributed by atoms with E-state index in [0.717, 1.165) is 24.3 Å². The Kier molecular flexibility index (Phi) is 6.46. The maximum Gasteiger partial charge on any atom is 0.578 e. The Bertz CT molecular complexity index is 863. The van der Waals surface area contributed by atoms with Crippen LogP contribution in [0.3, 0.4) is 0 Å². The number of carbonyl (C=O) groups excluding carboxylic acids is 1. The summed E-state index contributed by atoms with van der Waals surface area (Å²) >= 11 is -3.14. The highest BCUT2D eigenvalue weighted by molar-refractivity contribution is 7.92. The monoisotopic (exact) mass is 398 g/mol. The predicted octanol–water partition coefficient (Wildman–Crippen LogP) is 4.27. The predicted molar refractivity (Wildman–Crippen MR) is 91.5 cm³/mol. The zero-order chi connectivity index (χ0) is 20.2. The standard InChI is InChI=1S/C18H14F4N2O2S/c1-2-17(25)24(15-8-13(10-23)7-14(19)9-15)11-12-3-5-16(6-4-12)27(26)18(20,21)22/h3-9H,2,11H2,1H3. The number of nitriles is 1. The molecule has 1 unspecified atom stereocenters. The number of carbonyl (C=O) groups is 1. The van der Waals surface area contributed by atoms with Gasteiger partial charge >= 0.3 is 5.51 Å². The molecule has 1 atom stereocenters. The normalized spacial score (nSPS) is 12.3. The summed E-state index contributed by atoms with van der Waals surface area (Å²) in [6, 6.07) is 10.1. The molecule has 0 radical (unpaired) electrons. The van der Waals surface area contributed by atoms with Crippen LogP contribution in [0.5, 0.6) is 0 Å². The second-order valence-electron chi connectivity index (χ2n) is 5.50. The van der Waals surface area contributed by atoms with Crippen LogP contribution in [0.1, 0.15) is 24.5 Å². The van der Waals surface area contributed by atoms with Gasteiger partial charge in [-0.05, 0) is 35.9 Å². The summed E-state index contributed by atoms with van der Waals surface area (Å²) in [5.74, 6) is -1.04. The summed E-state index contributed by atoms with van der Waals surface area (Å²) in [6.07, 6.45) is 0.106. The first kappa shape index (κ1) is 20.7. The van der Waals surface area contributed by atoms with Gasteiger partial charge in [0, 0.05) is 12.1 Å². The maximum atomic E-state index is 13.7. The Hall–Kier alpha value is -2.57. The molecule has 0 fully saturated rings. The molecule has 142 valence electrons. The van der Waals surface area contributed by atoms with Gasteiger partial charge < -0.3 is 9.45 Å². The van der Waals surface area contributed by atoms with Gasteiger partial charge in [0.25, 0.3) is 0 Å². The zero-order valence-electron chi connectivity index (χ0n) is 14.1. The van der Waals surface area contributed by atoms with Crippen LogP contribution in [0.15, 0.2) is 47.4 Å². The Balaban J connectivity index is 2.31. The average Bonchev–Trinajstić information content (AvgIpc) is 2.64. The van der Waals surface area contributed by atoms with Crippen LogP contribution in [0.4, 0.5) is 23.2 Å². The first-order valence-corrected chi connectivity index (χ1v) is 8.89. The average molecular weight is 398 g/mol. The number of nitrogens with zero attached hydrogens (tertiary/aromatic N) is 2. The van der Waals surface area contributed by atoms with Crippen molar-refractivity contribution in [2.24, 2.45) is 0 Å². The third kappa shape index (κ3) is 5.21. The van der Waals surface area contributed by atoms with E-state index in [4.69, 9.17) is 5.26 Å². The summed E-state index contributed by atoms with van der Waals surface area (Å²) in [7, 11) is 0. The van der Waals surface area contributed by atoms with Gasteiger partial charge in [0.2, 0.25) is 5.91 Å². The van der Waals surface area contributed by atoms with Gasteiger partial charge in [-0.15, -0.1) is 13.2 Å². The van der Waals surface area contributed by atoms with Gasteiger partial charge in [0.15, 0.2) is 4.90 Å². The molecule has 0 aliphatic heterocycles. The number of anilines is 1. The number of alkyl halides is 3. The fourth-order valence-electron chi connectivity index (χ4n) is 2.34. The molecule has 2 aromatic rings. The lowest BCUT2D eigenvalue weighted by molar-refractivity contribution is -0.118. The van der Waals surface area contributed by atoms with E-state index in [0.29, 0.717) is 5.56 Å². The van der Waals surface area contributed by atoms with Gasteiger partial charge in [0.05, 0.1) is 29.4 Å². The minimum absolute atomic E-state index is 0.0369. The van der Waals surface area contributed by atoms with E-state index < -0.39 is 27.4 Å². The summed E-state index contributed by atoms with van der Waals surface area (Å²) in [5, 5.41) is 8.96. The van der Waals surface area contributed by atoms with Crippen molar-refractivity contribution in [2.45, 2.75) is 30.3 Å². The van der Waals surface area contributed by atoms with Crippen LogP contribution >= 0.6 is 0 Å². The quantitative estimate of drug-likeness (QED) is 0.558. The number of hydrogen-bond acceptors (Lipinski definition) is 3. The van der Waals surface area contributed by atoms with Crippen LogP contribution in [-0.4, -0.2) is 16.0 Å². The molecule has 1 amide bonds. The van der Waals surface area contributed by atoms with Crippen LogP contribution in [0.25, 0.3) is 0 Å². The van der Waals surface area contributed by atoms with Crippen molar-refractivity contribution in [2.75, 3.05) is 4.90 Å². The third-order valence-electron chi connectivity index (χ3n) is 3.62. The number of benzene rings is 2. The van der Waals surface area contributed by atoms with Gasteiger partial charge in [-0.2, -0.15) is 5.26 Å². The molecule has 2 rings (SSSR count). The zero-order valence-corrected chi connectivity index (χ0v) is 14.9. The van der Waals surface area contributed by atoms with E-state index in [2.05, 4.69) is 0 Å². The number of amides is 1. The molecule has 0 bridgehead atoms. The van der Waals surface area contributed by atoms with Crippen LogP contribution < -0.4 is 4.90 Å². The molecule has 0 heterocycles. The first-order chi connectivity index (χ1) is 12.7. The van der Waals surface area contributed by atoms with Crippen molar-refractivity contribution in [1.29, 1.82) is 5.26 Å². The highest BCUT2D eigenvalue weighted by Crippen LogP contribution is 2.30. The second-order valence-corrected chi connectivity index (χ2v) is 6.97. The SMILES string of the molecule is CCC(=O)N(Cc1ccc([S+]([O-])C(F)(F)F)cc1)c1cc(F)cc(C#N)c1. The van der Waals surface area contributed by atoms with Crippen molar-refractivity contribution in [3.05, 3.63) is 59.4 Å². The molecular formula is C18H14F4N2O2S. The molecule has 0 N–H and O–H groups in total. The Morgan fingerprint density at radius 1 is 1.22 bits per heavy atom. The lowest BCUT2D eigenvalue weighted by Gasteiger charge is -2.23. The Morgan fingerprint density at radius 2 is 1.85 bits per heavy atom. The number of halogens is 4. The highest BCUT2D eigenvalue weighted by Gasteiger charge is 2.45. The minimum atomic E-state index is -4.86. The summed E-state index contributed by atoms with van der Waals surface area (Å²) in [4.78, 5) is 13.1. The van der Waals surface area contributed by atoms with Crippen LogP contribution in [0, 0.1) is 17.1 Å². The number of rotatable bonds is 5. The molecular weight excluding hydrogens is 384 g/mol. The lowest BCUT2D eigenvalue weighted by atomic mass is 10.1. The van der Waals surface area contributed by atoms with E-state index >= 15 is 0 Å². The van der Waals surface area contributed by atoms with E-state index in [-0.39, 0.29) is 30.1 Å². The summed E-state index contributed by atoms with van der Waals surface area (Å²) in [5.41, 5.74) is -4.19. The van der Waals surface area contributed by atoms with E-state index in [1.165, 1.54) is 23.1 Å². The van der Waals surface area contributed by atoms with Gasteiger partial charge in [-0.1, -0.05) is 19.1 Å². The maximum absolute atomic E-state index is 13.7. The fraction of sp³-hybridized carbons (Fsp3) is 0.222. The highest BCUT2D eigenvalue weighted by atomic mass is 32.2. The molecule has 0 aromatic heterocycles. The third-order valence-corrected chi connectivity index (χ3v) is 4.74. The van der Waals surface area contributed by atoms with E-state index in [1.54, 1.807) is 13.0 Å². The molecule has 27 heavy (non-hydrogen) atoms. The molecule has 0 aliphatic rings. The van der Waals surface area contributed by atoms with Crippen molar-refractivity contribution in [3.63, 3.8) is 0 Å².